The Labute approximate surface area is 157 Å². The van der Waals surface area contributed by atoms with Gasteiger partial charge in [0.25, 0.3) is 0 Å². The van der Waals surface area contributed by atoms with E-state index < -0.39 is 20.2 Å². The van der Waals surface area contributed by atoms with Crippen LogP contribution in [0, 0.1) is 17.3 Å². The predicted molar refractivity (Wildman–Crippen MR) is 99.7 cm³/mol. The molecular weight excluding hydrogens is 354 g/mol. The van der Waals surface area contributed by atoms with E-state index in [1.54, 1.807) is 0 Å². The third-order valence-corrected chi connectivity index (χ3v) is 11.8. The smallest absolute Gasteiger partial charge is 0.376 e. The highest BCUT2D eigenvalue weighted by atomic mass is 28.4. The Morgan fingerprint density at radius 1 is 1.08 bits per heavy atom. The van der Waals surface area contributed by atoms with Crippen molar-refractivity contribution in [1.82, 2.24) is 0 Å². The molecule has 0 saturated heterocycles. The molecule has 26 heavy (non-hydrogen) atoms. The van der Waals surface area contributed by atoms with E-state index in [2.05, 4.69) is 33.9 Å². The minimum atomic E-state index is -3.42. The average molecular weight is 389 g/mol. The van der Waals surface area contributed by atoms with E-state index in [0.717, 1.165) is 32.1 Å². The molecule has 2 unspecified atom stereocenters. The molecule has 4 aliphatic carbocycles. The summed E-state index contributed by atoms with van der Waals surface area (Å²) in [5.74, 6) is -3.67. The van der Waals surface area contributed by atoms with E-state index in [1.807, 2.05) is 0 Å². The van der Waals surface area contributed by atoms with Crippen molar-refractivity contribution in [2.75, 3.05) is 6.61 Å². The van der Waals surface area contributed by atoms with Crippen LogP contribution in [0.4, 0.5) is 8.78 Å². The summed E-state index contributed by atoms with van der Waals surface area (Å²) in [4.78, 5) is 11.6. The minimum absolute atomic E-state index is 0.116. The van der Waals surface area contributed by atoms with Crippen LogP contribution in [-0.4, -0.2) is 32.4 Å². The van der Waals surface area contributed by atoms with Crippen molar-refractivity contribution in [2.45, 2.75) is 95.9 Å². The molecule has 0 N–H and O–H groups in total. The van der Waals surface area contributed by atoms with Gasteiger partial charge in [0.05, 0.1) is 12.2 Å². The van der Waals surface area contributed by atoms with Gasteiger partial charge >= 0.3 is 11.9 Å². The molecule has 3 nitrogen and oxygen atoms in total. The van der Waals surface area contributed by atoms with E-state index in [4.69, 9.17) is 9.16 Å². The predicted octanol–water partition coefficient (Wildman–Crippen LogP) is 5.55. The van der Waals surface area contributed by atoms with Crippen LogP contribution in [0.3, 0.4) is 0 Å². The van der Waals surface area contributed by atoms with Gasteiger partial charge in [-0.2, -0.15) is 8.78 Å². The molecule has 0 aromatic heterocycles. The maximum Gasteiger partial charge on any atom is 0.376 e. The molecule has 0 aliphatic heterocycles. The summed E-state index contributed by atoms with van der Waals surface area (Å²) in [7, 11) is -1.93. The number of hydrogen-bond donors (Lipinski definition) is 0. The first-order valence-corrected chi connectivity index (χ1v) is 12.8. The largest absolute Gasteiger partial charge is 0.461 e. The Hall–Kier alpha value is -0.493. The van der Waals surface area contributed by atoms with Crippen molar-refractivity contribution in [1.29, 1.82) is 0 Å². The topological polar surface area (TPSA) is 35.5 Å². The molecule has 150 valence electrons. The van der Waals surface area contributed by atoms with Crippen LogP contribution in [0.5, 0.6) is 0 Å². The Kier molecular flexibility index (Phi) is 4.67. The quantitative estimate of drug-likeness (QED) is 0.458. The standard InChI is InChI=1S/C20H34F2O3Si/c1-17(2,3)26(5,6)25-20-10-14-7-15(11-20)9-19(8-14,12-20)13-24-16(23)18(4,21)22/h14-15H,7-13H2,1-6H3. The third kappa shape index (κ3) is 3.73. The summed E-state index contributed by atoms with van der Waals surface area (Å²) < 4.78 is 38.5. The van der Waals surface area contributed by atoms with Crippen molar-refractivity contribution < 1.29 is 22.7 Å². The summed E-state index contributed by atoms with van der Waals surface area (Å²) in [6.45, 7) is 12.1. The Morgan fingerprint density at radius 3 is 2.08 bits per heavy atom. The summed E-state index contributed by atoms with van der Waals surface area (Å²) in [5.41, 5.74) is -0.318. The molecule has 0 aromatic rings. The summed E-state index contributed by atoms with van der Waals surface area (Å²) >= 11 is 0. The molecule has 6 heteroatoms. The second kappa shape index (κ2) is 6.00. The van der Waals surface area contributed by atoms with Gasteiger partial charge in [-0.3, -0.25) is 0 Å². The minimum Gasteiger partial charge on any atom is -0.461 e. The van der Waals surface area contributed by atoms with Crippen LogP contribution < -0.4 is 0 Å². The monoisotopic (exact) mass is 388 g/mol. The molecule has 4 bridgehead atoms. The van der Waals surface area contributed by atoms with E-state index >= 15 is 0 Å². The van der Waals surface area contributed by atoms with Crippen LogP contribution in [0.15, 0.2) is 0 Å². The fraction of sp³-hybridized carbons (Fsp3) is 0.950. The molecule has 4 saturated carbocycles. The van der Waals surface area contributed by atoms with Crippen molar-refractivity contribution in [2.24, 2.45) is 17.3 Å². The third-order valence-electron chi connectivity index (χ3n) is 7.27. The first kappa shape index (κ1) is 20.2. The normalized spacial score (nSPS) is 37.1. The van der Waals surface area contributed by atoms with Gasteiger partial charge in [0, 0.05) is 12.3 Å². The zero-order valence-electron chi connectivity index (χ0n) is 17.1. The highest BCUT2D eigenvalue weighted by Gasteiger charge is 2.60. The molecular formula is C20H34F2O3Si. The molecule has 0 amide bonds. The van der Waals surface area contributed by atoms with Gasteiger partial charge in [-0.25, -0.2) is 4.79 Å². The van der Waals surface area contributed by atoms with E-state index in [1.165, 1.54) is 6.42 Å². The molecule has 0 radical (unpaired) electrons. The molecule has 0 aromatic carbocycles. The lowest BCUT2D eigenvalue weighted by atomic mass is 9.48. The Balaban J connectivity index is 1.78. The lowest BCUT2D eigenvalue weighted by Gasteiger charge is -2.63. The van der Waals surface area contributed by atoms with Crippen molar-refractivity contribution in [3.05, 3.63) is 0 Å². The highest BCUT2D eigenvalue weighted by Crippen LogP contribution is 2.64. The number of ether oxygens (including phenoxy) is 1. The lowest BCUT2D eigenvalue weighted by Crippen LogP contribution is -2.62. The fourth-order valence-corrected chi connectivity index (χ4v) is 7.32. The second-order valence-corrected chi connectivity index (χ2v) is 15.7. The van der Waals surface area contributed by atoms with E-state index in [-0.39, 0.29) is 22.7 Å². The molecule has 0 heterocycles. The van der Waals surface area contributed by atoms with Crippen LogP contribution >= 0.6 is 0 Å². The maximum atomic E-state index is 13.2. The SMILES string of the molecule is CC(F)(F)C(=O)OCC12CC3CC(C1)CC(O[Si](C)(C)C(C)(C)C)(C3)C2. The molecule has 4 aliphatic rings. The lowest BCUT2D eigenvalue weighted by molar-refractivity contribution is -0.194. The van der Waals surface area contributed by atoms with Gasteiger partial charge < -0.3 is 9.16 Å². The molecule has 0 spiro atoms. The zero-order chi connectivity index (χ0) is 19.6. The summed E-state index contributed by atoms with van der Waals surface area (Å²) in [6.07, 6.45) is 6.18. The molecule has 4 fully saturated rings. The number of halogens is 2. The van der Waals surface area contributed by atoms with Crippen LogP contribution in [0.1, 0.15) is 66.2 Å². The number of carbonyl (C=O) groups is 1. The second-order valence-electron chi connectivity index (χ2n) is 11.0. The maximum absolute atomic E-state index is 13.2. The number of esters is 1. The summed E-state index contributed by atoms with van der Waals surface area (Å²) in [5, 5.41) is 0.139. The van der Waals surface area contributed by atoms with Gasteiger partial charge in [0.2, 0.25) is 0 Å². The van der Waals surface area contributed by atoms with Crippen molar-refractivity contribution in [3.8, 4) is 0 Å². The van der Waals surface area contributed by atoms with Gasteiger partial charge in [-0.1, -0.05) is 20.8 Å². The van der Waals surface area contributed by atoms with Gasteiger partial charge in [-0.15, -0.1) is 0 Å². The number of alkyl halides is 2. The molecule has 2 atom stereocenters. The van der Waals surface area contributed by atoms with Gasteiger partial charge in [0.1, 0.15) is 0 Å². The van der Waals surface area contributed by atoms with Gasteiger partial charge in [-0.05, 0) is 68.5 Å². The number of hydrogen-bond acceptors (Lipinski definition) is 3. The van der Waals surface area contributed by atoms with Crippen molar-refractivity contribution in [3.63, 3.8) is 0 Å². The Morgan fingerprint density at radius 2 is 1.62 bits per heavy atom. The Bertz CT molecular complexity index is 563. The first-order valence-electron chi connectivity index (χ1n) is 9.91. The first-order chi connectivity index (χ1) is 11.7. The summed E-state index contributed by atoms with van der Waals surface area (Å²) in [6, 6.07) is 0. The highest BCUT2D eigenvalue weighted by molar-refractivity contribution is 6.74. The van der Waals surface area contributed by atoms with Crippen molar-refractivity contribution >= 4 is 14.3 Å². The van der Waals surface area contributed by atoms with E-state index in [0.29, 0.717) is 18.8 Å². The average Bonchev–Trinajstić information content (AvgIpc) is 2.39. The van der Waals surface area contributed by atoms with Crippen LogP contribution in [-0.2, 0) is 14.0 Å². The fourth-order valence-electron chi connectivity index (χ4n) is 5.69. The van der Waals surface area contributed by atoms with Gasteiger partial charge in [0.15, 0.2) is 8.32 Å². The van der Waals surface area contributed by atoms with E-state index in [9.17, 15) is 13.6 Å². The molecule has 4 rings (SSSR count). The van der Waals surface area contributed by atoms with Crippen LogP contribution in [0.2, 0.25) is 18.1 Å². The number of rotatable bonds is 5. The number of carbonyl (C=O) groups excluding carboxylic acids is 1. The zero-order valence-corrected chi connectivity index (χ0v) is 18.1. The van der Waals surface area contributed by atoms with Crippen LogP contribution in [0.25, 0.3) is 0 Å².